The minimum Gasteiger partial charge on any atom is -0.329 e. The maximum Gasteiger partial charge on any atom is 0.161 e. The quantitative estimate of drug-likeness (QED) is 0.787. The van der Waals surface area contributed by atoms with Gasteiger partial charge in [-0.15, -0.1) is 0 Å². The Morgan fingerprint density at radius 2 is 1.73 bits per heavy atom. The van der Waals surface area contributed by atoms with Crippen molar-refractivity contribution in [2.75, 3.05) is 6.54 Å². The maximum atomic E-state index is 13.5. The second kappa shape index (κ2) is 6.23. The van der Waals surface area contributed by atoms with Crippen molar-refractivity contribution >= 4 is 11.0 Å². The Balaban J connectivity index is 1.95. The standard InChI is InChI=1S/C17H17F2N3/c18-13-10-15-16(11-14(13)19)22(9-8-20)17(21-15)7-6-12-4-2-1-3-5-12/h1-5,10-11H,6-9,20H2. The number of fused-ring (bicyclic) bond motifs is 1. The molecule has 0 fully saturated rings. The van der Waals surface area contributed by atoms with E-state index >= 15 is 0 Å². The van der Waals surface area contributed by atoms with Crippen LogP contribution in [0, 0.1) is 11.6 Å². The molecule has 0 atom stereocenters. The predicted octanol–water partition coefficient (Wildman–Crippen LogP) is 3.06. The number of nitrogens with zero attached hydrogens (tertiary/aromatic N) is 2. The topological polar surface area (TPSA) is 43.8 Å². The third-order valence-electron chi connectivity index (χ3n) is 3.70. The lowest BCUT2D eigenvalue weighted by Crippen LogP contribution is -2.13. The average molecular weight is 301 g/mol. The highest BCUT2D eigenvalue weighted by Crippen LogP contribution is 2.21. The number of nitrogens with two attached hydrogens (primary N) is 1. The molecule has 1 aromatic heterocycles. The van der Waals surface area contributed by atoms with Crippen molar-refractivity contribution in [3.05, 3.63) is 65.5 Å². The number of hydrogen-bond acceptors (Lipinski definition) is 2. The Morgan fingerprint density at radius 3 is 2.45 bits per heavy atom. The third-order valence-corrected chi connectivity index (χ3v) is 3.70. The molecule has 0 radical (unpaired) electrons. The Morgan fingerprint density at radius 1 is 1.00 bits per heavy atom. The largest absolute Gasteiger partial charge is 0.329 e. The molecule has 0 aliphatic carbocycles. The number of hydrogen-bond donors (Lipinski definition) is 1. The number of aromatic nitrogens is 2. The highest BCUT2D eigenvalue weighted by Gasteiger charge is 2.14. The minimum absolute atomic E-state index is 0.419. The maximum absolute atomic E-state index is 13.5. The van der Waals surface area contributed by atoms with E-state index in [1.807, 2.05) is 22.8 Å². The average Bonchev–Trinajstić information content (AvgIpc) is 2.84. The molecular weight excluding hydrogens is 284 g/mol. The number of aryl methyl sites for hydroxylation is 2. The fraction of sp³-hybridized carbons (Fsp3) is 0.235. The highest BCUT2D eigenvalue weighted by molar-refractivity contribution is 5.76. The van der Waals surface area contributed by atoms with Gasteiger partial charge in [0.15, 0.2) is 11.6 Å². The zero-order valence-electron chi connectivity index (χ0n) is 12.1. The van der Waals surface area contributed by atoms with Gasteiger partial charge >= 0.3 is 0 Å². The smallest absolute Gasteiger partial charge is 0.161 e. The molecule has 0 spiro atoms. The monoisotopic (exact) mass is 301 g/mol. The van der Waals surface area contributed by atoms with Crippen LogP contribution in [0.2, 0.25) is 0 Å². The normalized spacial score (nSPS) is 11.2. The van der Waals surface area contributed by atoms with Crippen molar-refractivity contribution in [2.45, 2.75) is 19.4 Å². The molecule has 0 aliphatic heterocycles. The fourth-order valence-corrected chi connectivity index (χ4v) is 2.64. The lowest BCUT2D eigenvalue weighted by atomic mass is 10.1. The molecular formula is C17H17F2N3. The molecule has 22 heavy (non-hydrogen) atoms. The van der Waals surface area contributed by atoms with Gasteiger partial charge in [0.1, 0.15) is 5.82 Å². The number of benzene rings is 2. The SMILES string of the molecule is NCCn1c(CCc2ccccc2)nc2cc(F)c(F)cc21. The summed E-state index contributed by atoms with van der Waals surface area (Å²) in [6, 6.07) is 12.4. The van der Waals surface area contributed by atoms with Crippen molar-refractivity contribution in [1.29, 1.82) is 0 Å². The van der Waals surface area contributed by atoms with Gasteiger partial charge in [-0.1, -0.05) is 30.3 Å². The van der Waals surface area contributed by atoms with E-state index in [0.717, 1.165) is 18.3 Å². The summed E-state index contributed by atoms with van der Waals surface area (Å²) in [6.45, 7) is 0.953. The van der Waals surface area contributed by atoms with Crippen molar-refractivity contribution in [3.63, 3.8) is 0 Å². The van der Waals surface area contributed by atoms with Gasteiger partial charge in [0.05, 0.1) is 11.0 Å². The molecule has 114 valence electrons. The summed E-state index contributed by atoms with van der Waals surface area (Å²) in [5.41, 5.74) is 7.90. The number of imidazole rings is 1. The molecule has 0 saturated carbocycles. The van der Waals surface area contributed by atoms with Crippen LogP contribution in [0.1, 0.15) is 11.4 Å². The molecule has 2 aromatic carbocycles. The first-order valence-corrected chi connectivity index (χ1v) is 7.27. The molecule has 5 heteroatoms. The van der Waals surface area contributed by atoms with E-state index in [2.05, 4.69) is 17.1 Å². The zero-order chi connectivity index (χ0) is 15.5. The molecule has 0 aliphatic rings. The van der Waals surface area contributed by atoms with Crippen LogP contribution in [0.5, 0.6) is 0 Å². The zero-order valence-corrected chi connectivity index (χ0v) is 12.1. The fourth-order valence-electron chi connectivity index (χ4n) is 2.64. The van der Waals surface area contributed by atoms with Gasteiger partial charge in [-0.3, -0.25) is 0 Å². The Labute approximate surface area is 127 Å². The van der Waals surface area contributed by atoms with Gasteiger partial charge in [-0.2, -0.15) is 0 Å². The molecule has 2 N–H and O–H groups in total. The summed E-state index contributed by atoms with van der Waals surface area (Å²) in [5.74, 6) is -0.936. The Hall–Kier alpha value is -2.27. The second-order valence-electron chi connectivity index (χ2n) is 5.21. The lowest BCUT2D eigenvalue weighted by Gasteiger charge is -2.08. The molecule has 3 nitrogen and oxygen atoms in total. The summed E-state index contributed by atoms with van der Waals surface area (Å²) in [6.07, 6.45) is 1.52. The van der Waals surface area contributed by atoms with Crippen molar-refractivity contribution in [1.82, 2.24) is 9.55 Å². The van der Waals surface area contributed by atoms with Crippen molar-refractivity contribution < 1.29 is 8.78 Å². The second-order valence-corrected chi connectivity index (χ2v) is 5.21. The van der Waals surface area contributed by atoms with Gasteiger partial charge in [-0.05, 0) is 12.0 Å². The van der Waals surface area contributed by atoms with Crippen LogP contribution in [-0.2, 0) is 19.4 Å². The molecule has 0 unspecified atom stereocenters. The predicted molar refractivity (Wildman–Crippen MR) is 82.6 cm³/mol. The molecule has 3 aromatic rings. The Kier molecular flexibility index (Phi) is 4.15. The van der Waals surface area contributed by atoms with Crippen molar-refractivity contribution in [2.24, 2.45) is 5.73 Å². The van der Waals surface area contributed by atoms with Gasteiger partial charge in [0.25, 0.3) is 0 Å². The van der Waals surface area contributed by atoms with E-state index in [9.17, 15) is 8.78 Å². The van der Waals surface area contributed by atoms with Gasteiger partial charge < -0.3 is 10.3 Å². The van der Waals surface area contributed by atoms with Crippen LogP contribution in [0.25, 0.3) is 11.0 Å². The van der Waals surface area contributed by atoms with Gasteiger partial charge in [0, 0.05) is 31.6 Å². The first kappa shape index (κ1) is 14.7. The lowest BCUT2D eigenvalue weighted by molar-refractivity contribution is 0.510. The summed E-state index contributed by atoms with van der Waals surface area (Å²) in [5, 5.41) is 0. The van der Waals surface area contributed by atoms with Crippen LogP contribution in [0.3, 0.4) is 0 Å². The first-order chi connectivity index (χ1) is 10.7. The Bertz CT molecular complexity index is 781. The van der Waals surface area contributed by atoms with Crippen LogP contribution in [0.15, 0.2) is 42.5 Å². The van der Waals surface area contributed by atoms with Crippen LogP contribution in [-0.4, -0.2) is 16.1 Å². The first-order valence-electron chi connectivity index (χ1n) is 7.27. The molecule has 1 heterocycles. The number of rotatable bonds is 5. The summed E-state index contributed by atoms with van der Waals surface area (Å²) in [7, 11) is 0. The summed E-state index contributed by atoms with van der Waals surface area (Å²) < 4.78 is 28.7. The van der Waals surface area contributed by atoms with Crippen LogP contribution >= 0.6 is 0 Å². The van der Waals surface area contributed by atoms with E-state index in [0.29, 0.717) is 30.5 Å². The summed E-state index contributed by atoms with van der Waals surface area (Å²) >= 11 is 0. The highest BCUT2D eigenvalue weighted by atomic mass is 19.2. The molecule has 0 saturated heterocycles. The molecule has 0 bridgehead atoms. The van der Waals surface area contributed by atoms with Crippen LogP contribution < -0.4 is 5.73 Å². The van der Waals surface area contributed by atoms with E-state index in [1.54, 1.807) is 0 Å². The van der Waals surface area contributed by atoms with Crippen LogP contribution in [0.4, 0.5) is 8.78 Å². The molecule has 3 rings (SSSR count). The van der Waals surface area contributed by atoms with Gasteiger partial charge in [0.2, 0.25) is 0 Å². The molecule has 0 amide bonds. The van der Waals surface area contributed by atoms with E-state index in [1.165, 1.54) is 11.6 Å². The van der Waals surface area contributed by atoms with E-state index < -0.39 is 11.6 Å². The van der Waals surface area contributed by atoms with E-state index in [4.69, 9.17) is 5.73 Å². The number of halogens is 2. The van der Waals surface area contributed by atoms with E-state index in [-0.39, 0.29) is 0 Å². The third kappa shape index (κ3) is 2.85. The summed E-state index contributed by atoms with van der Waals surface area (Å²) in [4.78, 5) is 4.45. The van der Waals surface area contributed by atoms with Crippen molar-refractivity contribution in [3.8, 4) is 0 Å². The minimum atomic E-state index is -0.875. The van der Waals surface area contributed by atoms with Gasteiger partial charge in [-0.25, -0.2) is 13.8 Å².